The molecule has 0 N–H and O–H groups in total. The number of rotatable bonds is 2. The molecule has 0 saturated carbocycles. The minimum absolute atomic E-state index is 0.959. The Balaban J connectivity index is 1.92. The molecule has 0 amide bonds. The Morgan fingerprint density at radius 2 is 1.56 bits per heavy atom. The van der Waals surface area contributed by atoms with Gasteiger partial charge in [0.1, 0.15) is 0 Å². The number of aromatic nitrogens is 1. The molecule has 0 aliphatic carbocycles. The molecule has 1 heterocycles. The van der Waals surface area contributed by atoms with Gasteiger partial charge in [-0.1, -0.05) is 53.7 Å². The lowest BCUT2D eigenvalue weighted by Crippen LogP contribution is -2.26. The van der Waals surface area contributed by atoms with Crippen molar-refractivity contribution in [2.75, 3.05) is 0 Å². The van der Waals surface area contributed by atoms with Gasteiger partial charge in [0.25, 0.3) is 0 Å². The van der Waals surface area contributed by atoms with Crippen LogP contribution in [-0.2, 0) is 0 Å². The quantitative estimate of drug-likeness (QED) is 0.598. The number of benzene rings is 2. The van der Waals surface area contributed by atoms with Crippen molar-refractivity contribution in [2.45, 2.75) is 6.92 Å². The Morgan fingerprint density at radius 1 is 0.833 bits per heavy atom. The number of fused-ring (bicyclic) bond motifs is 1. The molecule has 0 aliphatic heterocycles. The molecule has 0 bridgehead atoms. The zero-order valence-electron chi connectivity index (χ0n) is 10.2. The van der Waals surface area contributed by atoms with Gasteiger partial charge in [-0.15, -0.1) is 0 Å². The van der Waals surface area contributed by atoms with Crippen LogP contribution in [0.25, 0.3) is 16.2 Å². The molecule has 88 valence electrons. The predicted octanol–water partition coefficient (Wildman–Crippen LogP) is 3.90. The molecular formula is C16H14N2. The Morgan fingerprint density at radius 3 is 2.33 bits per heavy atom. The van der Waals surface area contributed by atoms with E-state index in [2.05, 4.69) is 42.7 Å². The Labute approximate surface area is 106 Å². The highest BCUT2D eigenvalue weighted by molar-refractivity contribution is 5.80. The lowest BCUT2D eigenvalue weighted by Gasteiger charge is -2.14. The highest BCUT2D eigenvalue weighted by Crippen LogP contribution is 2.17. The van der Waals surface area contributed by atoms with E-state index in [1.165, 1.54) is 16.3 Å². The SMILES string of the molecule is Cc1ccc([N-][n+]2ccc3ccccc3c2)cc1. The summed E-state index contributed by atoms with van der Waals surface area (Å²) in [6, 6.07) is 18.5. The maximum Gasteiger partial charge on any atom is 0.172 e. The molecule has 0 fully saturated rings. The maximum atomic E-state index is 4.55. The Kier molecular flexibility index (Phi) is 2.69. The zero-order valence-corrected chi connectivity index (χ0v) is 10.2. The van der Waals surface area contributed by atoms with Gasteiger partial charge in [-0.25, -0.2) is 4.68 Å². The van der Waals surface area contributed by atoms with Gasteiger partial charge in [0.2, 0.25) is 0 Å². The Bertz CT molecular complexity index is 672. The molecule has 2 aromatic carbocycles. The van der Waals surface area contributed by atoms with Gasteiger partial charge in [-0.2, -0.15) is 0 Å². The summed E-state index contributed by atoms with van der Waals surface area (Å²) in [7, 11) is 0. The fraction of sp³-hybridized carbons (Fsp3) is 0.0625. The fourth-order valence-corrected chi connectivity index (χ4v) is 1.93. The van der Waals surface area contributed by atoms with Crippen molar-refractivity contribution in [1.29, 1.82) is 0 Å². The summed E-state index contributed by atoms with van der Waals surface area (Å²) in [6.07, 6.45) is 4.01. The van der Waals surface area contributed by atoms with Crippen LogP contribution in [0.15, 0.2) is 67.0 Å². The average molecular weight is 234 g/mol. The summed E-state index contributed by atoms with van der Waals surface area (Å²) in [5, 5.41) is 2.42. The van der Waals surface area contributed by atoms with E-state index in [0.29, 0.717) is 0 Å². The summed E-state index contributed by atoms with van der Waals surface area (Å²) >= 11 is 0. The highest BCUT2D eigenvalue weighted by atomic mass is 15.4. The lowest BCUT2D eigenvalue weighted by atomic mass is 10.2. The minimum atomic E-state index is 0.959. The van der Waals surface area contributed by atoms with Crippen LogP contribution in [0.4, 0.5) is 5.69 Å². The van der Waals surface area contributed by atoms with Gasteiger partial charge < -0.3 is 5.43 Å². The average Bonchev–Trinajstić information content (AvgIpc) is 2.41. The van der Waals surface area contributed by atoms with Crippen LogP contribution in [-0.4, -0.2) is 0 Å². The molecule has 0 spiro atoms. The molecule has 0 unspecified atom stereocenters. The van der Waals surface area contributed by atoms with Gasteiger partial charge in [-0.3, -0.25) is 0 Å². The first kappa shape index (κ1) is 10.8. The number of pyridine rings is 1. The second kappa shape index (κ2) is 4.49. The van der Waals surface area contributed by atoms with E-state index < -0.39 is 0 Å². The van der Waals surface area contributed by atoms with Crippen LogP contribution in [0.5, 0.6) is 0 Å². The number of hydrogen-bond donors (Lipinski definition) is 0. The minimum Gasteiger partial charge on any atom is -0.405 e. The standard InChI is InChI=1S/C16H14N2/c1-13-6-8-16(9-7-13)17-18-11-10-14-4-2-3-5-15(14)12-18/h2-12H,1H3. The van der Waals surface area contributed by atoms with Crippen molar-refractivity contribution in [2.24, 2.45) is 0 Å². The van der Waals surface area contributed by atoms with Gasteiger partial charge in [0.05, 0.1) is 0 Å². The van der Waals surface area contributed by atoms with Crippen molar-refractivity contribution in [3.8, 4) is 0 Å². The van der Waals surface area contributed by atoms with Crippen LogP contribution >= 0.6 is 0 Å². The summed E-state index contributed by atoms with van der Waals surface area (Å²) in [4.78, 5) is 0. The molecule has 18 heavy (non-hydrogen) atoms. The van der Waals surface area contributed by atoms with E-state index in [1.807, 2.05) is 41.3 Å². The normalized spacial score (nSPS) is 10.5. The van der Waals surface area contributed by atoms with Crippen LogP contribution in [0, 0.1) is 6.92 Å². The first-order valence-electron chi connectivity index (χ1n) is 6.00. The molecule has 0 aliphatic rings. The topological polar surface area (TPSA) is 18.0 Å². The van der Waals surface area contributed by atoms with E-state index in [-0.39, 0.29) is 0 Å². The maximum absolute atomic E-state index is 4.55. The van der Waals surface area contributed by atoms with Gasteiger partial charge >= 0.3 is 0 Å². The van der Waals surface area contributed by atoms with Crippen LogP contribution in [0.3, 0.4) is 0 Å². The van der Waals surface area contributed by atoms with Crippen LogP contribution < -0.4 is 4.68 Å². The van der Waals surface area contributed by atoms with E-state index in [1.54, 1.807) is 0 Å². The van der Waals surface area contributed by atoms with E-state index in [4.69, 9.17) is 0 Å². The van der Waals surface area contributed by atoms with Gasteiger partial charge in [0.15, 0.2) is 12.4 Å². The summed E-state index contributed by atoms with van der Waals surface area (Å²) < 4.78 is 1.85. The van der Waals surface area contributed by atoms with Crippen LogP contribution in [0.2, 0.25) is 0 Å². The third-order valence-corrected chi connectivity index (χ3v) is 2.94. The fourth-order valence-electron chi connectivity index (χ4n) is 1.93. The second-order valence-electron chi connectivity index (χ2n) is 4.39. The van der Waals surface area contributed by atoms with Crippen molar-refractivity contribution in [1.82, 2.24) is 0 Å². The molecular weight excluding hydrogens is 220 g/mol. The van der Waals surface area contributed by atoms with E-state index in [9.17, 15) is 0 Å². The van der Waals surface area contributed by atoms with E-state index in [0.717, 1.165) is 5.69 Å². The molecule has 1 aromatic heterocycles. The molecule has 2 nitrogen and oxygen atoms in total. The highest BCUT2D eigenvalue weighted by Gasteiger charge is 1.96. The summed E-state index contributed by atoms with van der Waals surface area (Å²) in [5.74, 6) is 0. The third kappa shape index (κ3) is 2.18. The first-order valence-corrected chi connectivity index (χ1v) is 6.00. The van der Waals surface area contributed by atoms with E-state index >= 15 is 0 Å². The molecule has 0 saturated heterocycles. The second-order valence-corrected chi connectivity index (χ2v) is 4.39. The van der Waals surface area contributed by atoms with Crippen molar-refractivity contribution in [3.05, 3.63) is 78.0 Å². The largest absolute Gasteiger partial charge is 0.405 e. The van der Waals surface area contributed by atoms with Crippen molar-refractivity contribution >= 4 is 16.5 Å². The predicted molar refractivity (Wildman–Crippen MR) is 73.7 cm³/mol. The zero-order chi connectivity index (χ0) is 12.4. The monoisotopic (exact) mass is 234 g/mol. The van der Waals surface area contributed by atoms with Gasteiger partial charge in [0, 0.05) is 11.5 Å². The van der Waals surface area contributed by atoms with Gasteiger partial charge in [-0.05, 0) is 18.4 Å². The molecule has 0 radical (unpaired) electrons. The Hall–Kier alpha value is -2.35. The molecule has 3 aromatic rings. The smallest absolute Gasteiger partial charge is 0.172 e. The lowest BCUT2D eigenvalue weighted by molar-refractivity contribution is -0.617. The summed E-state index contributed by atoms with van der Waals surface area (Å²) in [5.41, 5.74) is 6.76. The number of hydrogen-bond acceptors (Lipinski definition) is 0. The van der Waals surface area contributed by atoms with Crippen molar-refractivity contribution < 1.29 is 4.68 Å². The first-order chi connectivity index (χ1) is 8.81. The molecule has 2 heteroatoms. The number of nitrogens with zero attached hydrogens (tertiary/aromatic N) is 2. The third-order valence-electron chi connectivity index (χ3n) is 2.94. The number of aryl methyl sites for hydroxylation is 1. The van der Waals surface area contributed by atoms with Crippen molar-refractivity contribution in [3.63, 3.8) is 0 Å². The van der Waals surface area contributed by atoms with Crippen LogP contribution in [0.1, 0.15) is 5.56 Å². The summed E-state index contributed by atoms with van der Waals surface area (Å²) in [6.45, 7) is 2.08. The molecule has 0 atom stereocenters. The molecule has 3 rings (SSSR count).